The van der Waals surface area contributed by atoms with Gasteiger partial charge in [0, 0.05) is 37.7 Å². The van der Waals surface area contributed by atoms with Crippen molar-refractivity contribution in [2.45, 2.75) is 32.2 Å². The molecule has 2 atom stereocenters. The van der Waals surface area contributed by atoms with E-state index in [0.717, 1.165) is 5.69 Å². The molecule has 0 saturated heterocycles. The molecule has 1 aliphatic rings. The van der Waals surface area contributed by atoms with Gasteiger partial charge >= 0.3 is 11.9 Å². The number of aromatic nitrogens is 2. The molecule has 1 aromatic heterocycles. The number of rotatable bonds is 10. The third kappa shape index (κ3) is 7.03. The van der Waals surface area contributed by atoms with Crippen LogP contribution in [0.1, 0.15) is 35.7 Å². The van der Waals surface area contributed by atoms with Gasteiger partial charge in [-0.3, -0.25) is 29.5 Å². The Morgan fingerprint density at radius 1 is 1.17 bits per heavy atom. The molecule has 0 aliphatic carbocycles. The average Bonchev–Trinajstić information content (AvgIpc) is 2.80. The number of aromatic amines is 1. The number of hydrogen-bond donors (Lipinski definition) is 7. The topological polar surface area (TPSA) is 203 Å². The number of benzene rings is 1. The van der Waals surface area contributed by atoms with Crippen molar-refractivity contribution in [3.05, 3.63) is 45.7 Å². The fourth-order valence-corrected chi connectivity index (χ4v) is 3.57. The largest absolute Gasteiger partial charge is 0.481 e. The first-order valence-electron chi connectivity index (χ1n) is 10.9. The van der Waals surface area contributed by atoms with Crippen molar-refractivity contribution in [3.8, 4) is 0 Å². The van der Waals surface area contributed by atoms with Gasteiger partial charge in [0.2, 0.25) is 11.9 Å². The summed E-state index contributed by atoms with van der Waals surface area (Å²) >= 11 is 0. The monoisotopic (exact) mass is 486 g/mol. The predicted octanol–water partition coefficient (Wildman–Crippen LogP) is 0.472. The molecule has 0 radical (unpaired) electrons. The highest BCUT2D eigenvalue weighted by atomic mass is 16.4. The summed E-state index contributed by atoms with van der Waals surface area (Å²) in [6, 6.07) is 5.09. The van der Waals surface area contributed by atoms with Gasteiger partial charge in [-0.15, -0.1) is 0 Å². The summed E-state index contributed by atoms with van der Waals surface area (Å²) in [6.07, 6.45) is -0.119. The number of carboxylic acid groups (broad SMARTS) is 2. The van der Waals surface area contributed by atoms with E-state index in [1.807, 2.05) is 0 Å². The normalized spacial score (nSPS) is 15.2. The molecule has 3 rings (SSSR count). The van der Waals surface area contributed by atoms with Crippen molar-refractivity contribution in [1.29, 1.82) is 0 Å². The maximum Gasteiger partial charge on any atom is 0.326 e. The van der Waals surface area contributed by atoms with Crippen LogP contribution in [0.5, 0.6) is 0 Å². The van der Waals surface area contributed by atoms with Gasteiger partial charge in [0.1, 0.15) is 11.9 Å². The van der Waals surface area contributed by atoms with Gasteiger partial charge in [0.05, 0.1) is 5.56 Å². The maximum absolute atomic E-state index is 12.4. The third-order valence-electron chi connectivity index (χ3n) is 5.35. The Bertz CT molecular complexity index is 1180. The van der Waals surface area contributed by atoms with E-state index >= 15 is 0 Å². The minimum atomic E-state index is -1.30. The second kappa shape index (κ2) is 11.1. The van der Waals surface area contributed by atoms with Gasteiger partial charge in [-0.05, 0) is 43.0 Å². The summed E-state index contributed by atoms with van der Waals surface area (Å²) in [7, 11) is 0. The number of H-pyrrole nitrogens is 1. The number of nitrogens with one attached hydrogen (secondary N) is 5. The van der Waals surface area contributed by atoms with Crippen molar-refractivity contribution in [3.63, 3.8) is 0 Å². The van der Waals surface area contributed by atoms with Crippen molar-refractivity contribution in [2.75, 3.05) is 29.0 Å². The first-order chi connectivity index (χ1) is 16.6. The lowest BCUT2D eigenvalue weighted by Crippen LogP contribution is -2.41. The maximum atomic E-state index is 12.4. The van der Waals surface area contributed by atoms with Crippen molar-refractivity contribution < 1.29 is 29.4 Å². The lowest BCUT2D eigenvalue weighted by atomic mass is 9.96. The number of nitrogens with zero attached hydrogens (tertiary/aromatic N) is 1. The first-order valence-corrected chi connectivity index (χ1v) is 10.9. The number of carbonyl (C=O) groups excluding carboxylic acids is 2. The highest BCUT2D eigenvalue weighted by Crippen LogP contribution is 2.21. The molecular formula is C22H26N6O7. The van der Waals surface area contributed by atoms with Gasteiger partial charge in [0.25, 0.3) is 11.5 Å². The number of carbonyl (C=O) groups is 4. The minimum Gasteiger partial charge on any atom is -0.481 e. The van der Waals surface area contributed by atoms with Gasteiger partial charge < -0.3 is 26.2 Å². The van der Waals surface area contributed by atoms with Crippen LogP contribution >= 0.6 is 0 Å². The Labute approximate surface area is 199 Å². The molecule has 0 spiro atoms. The average molecular weight is 486 g/mol. The van der Waals surface area contributed by atoms with Crippen LogP contribution in [-0.2, 0) is 20.8 Å². The molecule has 0 fully saturated rings. The minimum absolute atomic E-state index is 0.0746. The summed E-state index contributed by atoms with van der Waals surface area (Å²) in [6.45, 7) is 2.41. The molecule has 0 saturated carbocycles. The molecule has 2 amide bonds. The lowest BCUT2D eigenvalue weighted by molar-refractivity contribution is -0.140. The van der Waals surface area contributed by atoms with E-state index in [4.69, 9.17) is 5.11 Å². The van der Waals surface area contributed by atoms with E-state index in [0.29, 0.717) is 30.9 Å². The van der Waals surface area contributed by atoms with E-state index in [1.54, 1.807) is 12.1 Å². The second-order valence-electron chi connectivity index (χ2n) is 8.13. The van der Waals surface area contributed by atoms with Gasteiger partial charge in [-0.2, -0.15) is 4.98 Å². The molecule has 2 heterocycles. The van der Waals surface area contributed by atoms with Gasteiger partial charge in [-0.25, -0.2) is 4.79 Å². The summed E-state index contributed by atoms with van der Waals surface area (Å²) in [5, 5.41) is 29.0. The standard InChI is InChI=1S/C22H26N6O7/c1-11(29)25-22-27-18-15(20(33)28-22)8-12(10-24-18)9-23-14-4-2-13(3-5-14)19(32)26-16(21(34)35)6-7-17(30)31/h2-5,12,16,23H,6-10H2,1H3,(H,26,32)(H,30,31)(H,34,35)(H3,24,25,27,28,29,33)/t12?,16-/m0/s1. The molecule has 186 valence electrons. The fraction of sp³-hybridized carbons (Fsp3) is 0.364. The van der Waals surface area contributed by atoms with Gasteiger partial charge in [0.15, 0.2) is 0 Å². The Hall–Kier alpha value is -4.42. The van der Waals surface area contributed by atoms with Crippen LogP contribution in [0.15, 0.2) is 29.1 Å². The zero-order valence-electron chi connectivity index (χ0n) is 18.9. The summed E-state index contributed by atoms with van der Waals surface area (Å²) < 4.78 is 0. The molecule has 35 heavy (non-hydrogen) atoms. The number of anilines is 3. The SMILES string of the molecule is CC(=O)Nc1nc2c(c(=O)[nH]1)CC(CNc1ccc(C(=O)N[C@@H](CCC(=O)O)C(=O)O)cc1)CN2. The van der Waals surface area contributed by atoms with E-state index in [2.05, 4.69) is 31.2 Å². The smallest absolute Gasteiger partial charge is 0.326 e. The molecule has 1 unspecified atom stereocenters. The van der Waals surface area contributed by atoms with Crippen LogP contribution < -0.4 is 26.8 Å². The Balaban J connectivity index is 1.55. The lowest BCUT2D eigenvalue weighted by Gasteiger charge is -2.25. The molecule has 1 aliphatic heterocycles. The Kier molecular flexibility index (Phi) is 8.02. The Morgan fingerprint density at radius 2 is 1.89 bits per heavy atom. The molecule has 13 heteroatoms. The van der Waals surface area contributed by atoms with Crippen LogP contribution in [0.2, 0.25) is 0 Å². The number of carboxylic acids is 2. The van der Waals surface area contributed by atoms with Crippen LogP contribution in [0.4, 0.5) is 17.5 Å². The van der Waals surface area contributed by atoms with Crippen molar-refractivity contribution in [2.24, 2.45) is 5.92 Å². The summed E-state index contributed by atoms with van der Waals surface area (Å²) in [5.74, 6) is -2.81. The Morgan fingerprint density at radius 3 is 2.51 bits per heavy atom. The van der Waals surface area contributed by atoms with Crippen molar-refractivity contribution in [1.82, 2.24) is 15.3 Å². The molecule has 1 aromatic carbocycles. The quantitative estimate of drug-likeness (QED) is 0.247. The van der Waals surface area contributed by atoms with E-state index in [9.17, 15) is 29.1 Å². The fourth-order valence-electron chi connectivity index (χ4n) is 3.57. The molecule has 7 N–H and O–H groups in total. The number of fused-ring (bicyclic) bond motifs is 1. The van der Waals surface area contributed by atoms with Crippen LogP contribution in [0, 0.1) is 5.92 Å². The first kappa shape index (κ1) is 25.2. The van der Waals surface area contributed by atoms with Crippen LogP contribution in [0.3, 0.4) is 0 Å². The van der Waals surface area contributed by atoms with E-state index in [1.165, 1.54) is 19.1 Å². The van der Waals surface area contributed by atoms with Gasteiger partial charge in [-0.1, -0.05) is 0 Å². The van der Waals surface area contributed by atoms with E-state index < -0.39 is 23.9 Å². The molecular weight excluding hydrogens is 460 g/mol. The summed E-state index contributed by atoms with van der Waals surface area (Å²) in [5.41, 5.74) is 1.13. The summed E-state index contributed by atoms with van der Waals surface area (Å²) in [4.78, 5) is 64.6. The number of aliphatic carboxylic acids is 2. The predicted molar refractivity (Wildman–Crippen MR) is 126 cm³/mol. The highest BCUT2D eigenvalue weighted by Gasteiger charge is 2.24. The zero-order chi connectivity index (χ0) is 25.5. The number of amides is 2. The second-order valence-corrected chi connectivity index (χ2v) is 8.13. The molecule has 2 aromatic rings. The van der Waals surface area contributed by atoms with Crippen LogP contribution in [0.25, 0.3) is 0 Å². The van der Waals surface area contributed by atoms with E-state index in [-0.39, 0.29) is 41.7 Å². The van der Waals surface area contributed by atoms with Crippen LogP contribution in [-0.4, -0.2) is 63.1 Å². The highest BCUT2D eigenvalue weighted by molar-refractivity contribution is 5.97. The zero-order valence-corrected chi connectivity index (χ0v) is 18.9. The number of hydrogen-bond acceptors (Lipinski definition) is 8. The third-order valence-corrected chi connectivity index (χ3v) is 5.35. The molecule has 0 bridgehead atoms. The molecule has 13 nitrogen and oxygen atoms in total. The van der Waals surface area contributed by atoms with Crippen molar-refractivity contribution >= 4 is 41.2 Å².